The molecule has 1 aromatic heterocycles. The number of nitrogens with one attached hydrogen (secondary N) is 1. The van der Waals surface area contributed by atoms with Crippen molar-refractivity contribution in [2.24, 2.45) is 0 Å². The number of H-pyrrole nitrogens is 1. The smallest absolute Gasteiger partial charge is 0.270 e. The molecule has 148 valence electrons. The Morgan fingerprint density at radius 3 is 2.52 bits per heavy atom. The van der Waals surface area contributed by atoms with Crippen molar-refractivity contribution in [1.29, 1.82) is 0 Å². The molecule has 2 heterocycles. The second-order valence-electron chi connectivity index (χ2n) is 6.45. The highest BCUT2D eigenvalue weighted by molar-refractivity contribution is 7.99. The van der Waals surface area contributed by atoms with Crippen LogP contribution in [0.4, 0.5) is 11.4 Å². The van der Waals surface area contributed by atoms with Crippen LogP contribution in [0, 0.1) is 10.1 Å². The summed E-state index contributed by atoms with van der Waals surface area (Å²) in [7, 11) is 0. The number of nitro groups is 1. The summed E-state index contributed by atoms with van der Waals surface area (Å²) in [5, 5.41) is 18.3. The van der Waals surface area contributed by atoms with Crippen molar-refractivity contribution < 1.29 is 9.72 Å². The quantitative estimate of drug-likeness (QED) is 0.509. The molecular weight excluding hydrogens is 392 g/mol. The van der Waals surface area contributed by atoms with Gasteiger partial charge in [0.2, 0.25) is 0 Å². The van der Waals surface area contributed by atoms with Gasteiger partial charge in [0.25, 0.3) is 11.6 Å². The molecule has 10 heteroatoms. The molecule has 0 saturated carbocycles. The molecule has 29 heavy (non-hydrogen) atoms. The molecule has 4 rings (SSSR count). The Bertz CT molecular complexity index is 1000. The molecule has 1 fully saturated rings. The van der Waals surface area contributed by atoms with Gasteiger partial charge in [-0.15, -0.1) is 0 Å². The third kappa shape index (κ3) is 4.21. The van der Waals surface area contributed by atoms with Crippen LogP contribution in [0.25, 0.3) is 0 Å². The lowest BCUT2D eigenvalue weighted by atomic mass is 10.1. The van der Waals surface area contributed by atoms with Gasteiger partial charge in [0.05, 0.1) is 10.5 Å². The van der Waals surface area contributed by atoms with Crippen LogP contribution in [-0.2, 0) is 0 Å². The molecule has 1 aliphatic rings. The van der Waals surface area contributed by atoms with Crippen LogP contribution in [0.5, 0.6) is 0 Å². The van der Waals surface area contributed by atoms with Crippen LogP contribution < -0.4 is 4.90 Å². The number of hydrogen-bond acceptors (Lipinski definition) is 7. The molecule has 1 N–H and O–H groups in total. The number of para-hydroxylation sites is 1. The summed E-state index contributed by atoms with van der Waals surface area (Å²) in [5.74, 6) is -0.219. The monoisotopic (exact) mass is 410 g/mol. The van der Waals surface area contributed by atoms with Gasteiger partial charge in [-0.05, 0) is 30.0 Å². The first kappa shape index (κ1) is 18.9. The van der Waals surface area contributed by atoms with Gasteiger partial charge < -0.3 is 9.80 Å². The van der Waals surface area contributed by atoms with Crippen molar-refractivity contribution in [2.75, 3.05) is 31.1 Å². The first-order valence-corrected chi connectivity index (χ1v) is 9.84. The van der Waals surface area contributed by atoms with Gasteiger partial charge >= 0.3 is 0 Å². The first-order chi connectivity index (χ1) is 14.1. The van der Waals surface area contributed by atoms with Crippen LogP contribution in [0.3, 0.4) is 0 Å². The first-order valence-electron chi connectivity index (χ1n) is 9.03. The number of hydrogen-bond donors (Lipinski definition) is 1. The standard InChI is InChI=1S/C19H18N6O3S/c26-18(24-10-8-23(9-11-24)14-4-2-1-3-5-14)16-12-15(25(27)28)6-7-17(16)29-19-20-13-21-22-19/h1-7,12-13H,8-11H2,(H,20,21,22). The number of anilines is 1. The van der Waals surface area contributed by atoms with Gasteiger partial charge in [-0.3, -0.25) is 20.0 Å². The molecule has 9 nitrogen and oxygen atoms in total. The summed E-state index contributed by atoms with van der Waals surface area (Å²) in [5.41, 5.74) is 1.31. The van der Waals surface area contributed by atoms with Gasteiger partial charge in [0.1, 0.15) is 6.33 Å². The fourth-order valence-corrected chi connectivity index (χ4v) is 4.01. The van der Waals surface area contributed by atoms with Crippen LogP contribution in [0.1, 0.15) is 10.4 Å². The van der Waals surface area contributed by atoms with Crippen molar-refractivity contribution in [3.63, 3.8) is 0 Å². The molecule has 0 atom stereocenters. The third-order valence-electron chi connectivity index (χ3n) is 4.69. The van der Waals surface area contributed by atoms with Crippen molar-refractivity contribution in [2.45, 2.75) is 10.1 Å². The Morgan fingerprint density at radius 2 is 1.86 bits per heavy atom. The summed E-state index contributed by atoms with van der Waals surface area (Å²) in [6, 6.07) is 14.4. The van der Waals surface area contributed by atoms with Gasteiger partial charge in [0, 0.05) is 48.9 Å². The zero-order valence-electron chi connectivity index (χ0n) is 15.4. The molecule has 1 saturated heterocycles. The summed E-state index contributed by atoms with van der Waals surface area (Å²) >= 11 is 1.22. The fourth-order valence-electron chi connectivity index (χ4n) is 3.21. The number of carbonyl (C=O) groups excluding carboxylic acids is 1. The minimum atomic E-state index is -0.493. The van der Waals surface area contributed by atoms with E-state index in [1.165, 1.54) is 30.2 Å². The number of benzene rings is 2. The van der Waals surface area contributed by atoms with E-state index in [1.807, 2.05) is 30.3 Å². The highest BCUT2D eigenvalue weighted by Crippen LogP contribution is 2.31. The molecule has 0 unspecified atom stereocenters. The van der Waals surface area contributed by atoms with E-state index in [-0.39, 0.29) is 11.6 Å². The second kappa shape index (κ2) is 8.31. The normalized spacial score (nSPS) is 14.1. The molecule has 0 aliphatic carbocycles. The minimum Gasteiger partial charge on any atom is -0.368 e. The Labute approximate surface area is 170 Å². The lowest BCUT2D eigenvalue weighted by Crippen LogP contribution is -2.48. The maximum Gasteiger partial charge on any atom is 0.270 e. The molecule has 1 aliphatic heterocycles. The summed E-state index contributed by atoms with van der Waals surface area (Å²) in [6.45, 7) is 2.50. The van der Waals surface area contributed by atoms with Crippen molar-refractivity contribution in [1.82, 2.24) is 20.1 Å². The number of non-ortho nitro benzene ring substituents is 1. The average Bonchev–Trinajstić information content (AvgIpc) is 3.27. The van der Waals surface area contributed by atoms with Crippen LogP contribution >= 0.6 is 11.8 Å². The molecule has 0 spiro atoms. The Balaban J connectivity index is 1.54. The summed E-state index contributed by atoms with van der Waals surface area (Å²) in [4.78, 5) is 32.5. The number of amides is 1. The van der Waals surface area contributed by atoms with E-state index in [2.05, 4.69) is 20.1 Å². The Kier molecular flexibility index (Phi) is 5.43. The van der Waals surface area contributed by atoms with E-state index >= 15 is 0 Å². The number of rotatable bonds is 5. The van der Waals surface area contributed by atoms with E-state index in [0.29, 0.717) is 41.8 Å². The lowest BCUT2D eigenvalue weighted by molar-refractivity contribution is -0.384. The largest absolute Gasteiger partial charge is 0.368 e. The highest BCUT2D eigenvalue weighted by atomic mass is 32.2. The average molecular weight is 410 g/mol. The van der Waals surface area contributed by atoms with Crippen molar-refractivity contribution >= 4 is 29.0 Å². The van der Waals surface area contributed by atoms with Crippen LogP contribution in [0.2, 0.25) is 0 Å². The molecule has 0 bridgehead atoms. The fraction of sp³-hybridized carbons (Fsp3) is 0.211. The van der Waals surface area contributed by atoms with Crippen LogP contribution in [-0.4, -0.2) is 57.1 Å². The van der Waals surface area contributed by atoms with Crippen molar-refractivity contribution in [3.05, 3.63) is 70.5 Å². The summed E-state index contributed by atoms with van der Waals surface area (Å²) < 4.78 is 0. The summed E-state index contributed by atoms with van der Waals surface area (Å²) in [6.07, 6.45) is 1.37. The van der Waals surface area contributed by atoms with Gasteiger partial charge in [-0.2, -0.15) is 5.10 Å². The number of carbonyl (C=O) groups is 1. The third-order valence-corrected chi connectivity index (χ3v) is 5.66. The number of nitro benzene ring substituents is 1. The lowest BCUT2D eigenvalue weighted by Gasteiger charge is -2.36. The number of aromatic nitrogens is 3. The molecule has 1 amide bonds. The SMILES string of the molecule is O=C(c1cc([N+](=O)[O-])ccc1Sc1ncn[nH]1)N1CCN(c2ccccc2)CC1. The predicted octanol–water partition coefficient (Wildman–Crippen LogP) is 2.83. The topological polar surface area (TPSA) is 108 Å². The zero-order valence-corrected chi connectivity index (χ0v) is 16.2. The number of nitrogens with zero attached hydrogens (tertiary/aromatic N) is 5. The molecule has 0 radical (unpaired) electrons. The van der Waals surface area contributed by atoms with E-state index < -0.39 is 4.92 Å². The Morgan fingerprint density at radius 1 is 1.10 bits per heavy atom. The van der Waals surface area contributed by atoms with E-state index in [4.69, 9.17) is 0 Å². The predicted molar refractivity (Wildman–Crippen MR) is 108 cm³/mol. The van der Waals surface area contributed by atoms with Crippen molar-refractivity contribution in [3.8, 4) is 0 Å². The Hall–Kier alpha value is -3.40. The van der Waals surface area contributed by atoms with Gasteiger partial charge in [-0.25, -0.2) is 4.98 Å². The molecule has 3 aromatic rings. The zero-order chi connectivity index (χ0) is 20.2. The minimum absolute atomic E-state index is 0.113. The maximum absolute atomic E-state index is 13.2. The van der Waals surface area contributed by atoms with Gasteiger partial charge in [0.15, 0.2) is 5.16 Å². The molecule has 2 aromatic carbocycles. The second-order valence-corrected chi connectivity index (χ2v) is 7.48. The van der Waals surface area contributed by atoms with E-state index in [9.17, 15) is 14.9 Å². The van der Waals surface area contributed by atoms with Crippen LogP contribution in [0.15, 0.2) is 64.9 Å². The maximum atomic E-state index is 13.2. The number of aromatic amines is 1. The van der Waals surface area contributed by atoms with E-state index in [0.717, 1.165) is 5.69 Å². The highest BCUT2D eigenvalue weighted by Gasteiger charge is 2.26. The number of piperazine rings is 1. The molecular formula is C19H18N6O3S. The van der Waals surface area contributed by atoms with Gasteiger partial charge in [-0.1, -0.05) is 18.2 Å². The van der Waals surface area contributed by atoms with E-state index in [1.54, 1.807) is 11.0 Å².